The number of rotatable bonds is 2. The molecule has 0 aliphatic heterocycles. The molecule has 21 heavy (non-hydrogen) atoms. The molecule has 1 fully saturated rings. The summed E-state index contributed by atoms with van der Waals surface area (Å²) in [6, 6.07) is 10.9. The fraction of sp³-hybridized carbons (Fsp3) is 0.375. The largest absolute Gasteiger partial charge is 0.352 e. The molecule has 0 bridgehead atoms. The number of H-pyrrole nitrogens is 2. The number of para-hydroxylation sites is 1. The summed E-state index contributed by atoms with van der Waals surface area (Å²) >= 11 is 5.47. The van der Waals surface area contributed by atoms with Gasteiger partial charge in [-0.25, -0.2) is 0 Å². The lowest BCUT2D eigenvalue weighted by Crippen LogP contribution is -2.14. The zero-order chi connectivity index (χ0) is 14.2. The van der Waals surface area contributed by atoms with E-state index in [0.717, 1.165) is 21.8 Å². The first-order chi connectivity index (χ1) is 10.3. The minimum Gasteiger partial charge on any atom is -0.352 e. The average Bonchev–Trinajstić information content (AvgIpc) is 3.11. The molecule has 4 nitrogen and oxygen atoms in total. The SMILES string of the molecule is S=c1[nH]nc(-c2cc3ccccc3[nH]2)n1C1CCCCC1. The Labute approximate surface area is 128 Å². The number of aromatic amines is 2. The van der Waals surface area contributed by atoms with Crippen molar-refractivity contribution >= 4 is 23.1 Å². The van der Waals surface area contributed by atoms with Gasteiger partial charge in [0.05, 0.1) is 5.69 Å². The van der Waals surface area contributed by atoms with E-state index in [2.05, 4.69) is 44.0 Å². The number of aromatic nitrogens is 4. The maximum atomic E-state index is 5.47. The highest BCUT2D eigenvalue weighted by Crippen LogP contribution is 2.32. The molecule has 4 rings (SSSR count). The molecule has 2 aromatic heterocycles. The lowest BCUT2D eigenvalue weighted by Gasteiger charge is -2.23. The van der Waals surface area contributed by atoms with Crippen molar-refractivity contribution in [3.63, 3.8) is 0 Å². The van der Waals surface area contributed by atoms with Gasteiger partial charge in [0.1, 0.15) is 0 Å². The molecular formula is C16H18N4S. The fourth-order valence-corrected chi connectivity index (χ4v) is 3.65. The van der Waals surface area contributed by atoms with Crippen molar-refractivity contribution in [2.75, 3.05) is 0 Å². The normalized spacial score (nSPS) is 16.6. The van der Waals surface area contributed by atoms with Gasteiger partial charge in [-0.2, -0.15) is 5.10 Å². The van der Waals surface area contributed by atoms with Gasteiger partial charge in [-0.05, 0) is 37.2 Å². The summed E-state index contributed by atoms with van der Waals surface area (Å²) in [5, 5.41) is 8.65. The molecule has 3 aromatic rings. The van der Waals surface area contributed by atoms with Crippen molar-refractivity contribution in [2.45, 2.75) is 38.1 Å². The summed E-state index contributed by atoms with van der Waals surface area (Å²) in [7, 11) is 0. The van der Waals surface area contributed by atoms with Gasteiger partial charge in [-0.1, -0.05) is 37.5 Å². The number of nitrogens with zero attached hydrogens (tertiary/aromatic N) is 2. The second-order valence-corrected chi connectivity index (χ2v) is 6.17. The fourth-order valence-electron chi connectivity index (χ4n) is 3.37. The molecule has 108 valence electrons. The summed E-state index contributed by atoms with van der Waals surface area (Å²) in [5.41, 5.74) is 2.17. The Morgan fingerprint density at radius 3 is 2.76 bits per heavy atom. The molecule has 2 heterocycles. The van der Waals surface area contributed by atoms with Crippen molar-refractivity contribution < 1.29 is 0 Å². The van der Waals surface area contributed by atoms with Gasteiger partial charge >= 0.3 is 0 Å². The van der Waals surface area contributed by atoms with Crippen LogP contribution in [-0.2, 0) is 0 Å². The quantitative estimate of drug-likeness (QED) is 0.680. The maximum Gasteiger partial charge on any atom is 0.195 e. The highest BCUT2D eigenvalue weighted by molar-refractivity contribution is 7.71. The van der Waals surface area contributed by atoms with E-state index in [1.165, 1.54) is 37.5 Å². The van der Waals surface area contributed by atoms with Gasteiger partial charge in [0.15, 0.2) is 10.6 Å². The van der Waals surface area contributed by atoms with Gasteiger partial charge in [0.2, 0.25) is 0 Å². The number of fused-ring (bicyclic) bond motifs is 1. The van der Waals surface area contributed by atoms with E-state index in [4.69, 9.17) is 12.2 Å². The summed E-state index contributed by atoms with van der Waals surface area (Å²) in [4.78, 5) is 3.46. The second-order valence-electron chi connectivity index (χ2n) is 5.78. The lowest BCUT2D eigenvalue weighted by molar-refractivity contribution is 0.352. The third-order valence-corrected chi connectivity index (χ3v) is 4.70. The average molecular weight is 298 g/mol. The van der Waals surface area contributed by atoms with E-state index in [1.807, 2.05) is 6.07 Å². The van der Waals surface area contributed by atoms with Crippen LogP contribution in [0.15, 0.2) is 30.3 Å². The molecule has 0 spiro atoms. The second kappa shape index (κ2) is 5.15. The summed E-state index contributed by atoms with van der Waals surface area (Å²) in [5.74, 6) is 0.933. The molecule has 0 atom stereocenters. The minimum atomic E-state index is 0.478. The Morgan fingerprint density at radius 1 is 1.14 bits per heavy atom. The number of benzene rings is 1. The van der Waals surface area contributed by atoms with Crippen LogP contribution in [0.1, 0.15) is 38.1 Å². The Kier molecular flexibility index (Phi) is 3.15. The van der Waals surface area contributed by atoms with Crippen molar-refractivity contribution in [2.24, 2.45) is 0 Å². The third kappa shape index (κ3) is 2.21. The molecule has 0 radical (unpaired) electrons. The molecule has 0 unspecified atom stereocenters. The molecule has 1 aliphatic carbocycles. The topological polar surface area (TPSA) is 49.4 Å². The maximum absolute atomic E-state index is 5.47. The number of hydrogen-bond donors (Lipinski definition) is 2. The van der Waals surface area contributed by atoms with Crippen LogP contribution < -0.4 is 0 Å². The Morgan fingerprint density at radius 2 is 1.95 bits per heavy atom. The van der Waals surface area contributed by atoms with Crippen LogP contribution >= 0.6 is 12.2 Å². The van der Waals surface area contributed by atoms with Crippen LogP contribution in [0.25, 0.3) is 22.4 Å². The monoisotopic (exact) mass is 298 g/mol. The summed E-state index contributed by atoms with van der Waals surface area (Å²) < 4.78 is 2.94. The molecule has 1 saturated carbocycles. The van der Waals surface area contributed by atoms with Crippen molar-refractivity contribution in [3.8, 4) is 11.5 Å². The summed E-state index contributed by atoms with van der Waals surface area (Å²) in [6.45, 7) is 0. The van der Waals surface area contributed by atoms with Gasteiger partial charge in [-0.15, -0.1) is 0 Å². The van der Waals surface area contributed by atoms with Crippen LogP contribution in [0.5, 0.6) is 0 Å². The van der Waals surface area contributed by atoms with Gasteiger partial charge < -0.3 is 4.98 Å². The first-order valence-corrected chi connectivity index (χ1v) is 7.99. The van der Waals surface area contributed by atoms with Crippen LogP contribution in [0.4, 0.5) is 0 Å². The first kappa shape index (κ1) is 12.8. The number of nitrogens with one attached hydrogen (secondary N) is 2. The predicted molar refractivity (Wildman–Crippen MR) is 86.8 cm³/mol. The lowest BCUT2D eigenvalue weighted by atomic mass is 9.95. The van der Waals surface area contributed by atoms with Crippen LogP contribution in [-0.4, -0.2) is 19.7 Å². The van der Waals surface area contributed by atoms with Crippen molar-refractivity contribution in [1.82, 2.24) is 19.7 Å². The smallest absolute Gasteiger partial charge is 0.195 e. The van der Waals surface area contributed by atoms with Crippen molar-refractivity contribution in [1.29, 1.82) is 0 Å². The molecule has 5 heteroatoms. The van der Waals surface area contributed by atoms with Gasteiger partial charge in [-0.3, -0.25) is 9.67 Å². The van der Waals surface area contributed by atoms with E-state index >= 15 is 0 Å². The first-order valence-electron chi connectivity index (χ1n) is 7.58. The molecular weight excluding hydrogens is 280 g/mol. The Hall–Kier alpha value is -1.88. The Balaban J connectivity index is 1.83. The van der Waals surface area contributed by atoms with E-state index in [1.54, 1.807) is 0 Å². The zero-order valence-electron chi connectivity index (χ0n) is 11.8. The zero-order valence-corrected chi connectivity index (χ0v) is 12.6. The standard InChI is InChI=1S/C16H18N4S/c21-16-19-18-15(20(16)12-7-2-1-3-8-12)14-10-11-6-4-5-9-13(11)17-14/h4-6,9-10,12,17H,1-3,7-8H2,(H,19,21). The molecule has 0 amide bonds. The molecule has 0 saturated heterocycles. The minimum absolute atomic E-state index is 0.478. The van der Waals surface area contributed by atoms with E-state index in [0.29, 0.717) is 6.04 Å². The van der Waals surface area contributed by atoms with Crippen LogP contribution in [0, 0.1) is 4.77 Å². The number of hydrogen-bond acceptors (Lipinski definition) is 2. The van der Waals surface area contributed by atoms with E-state index < -0.39 is 0 Å². The molecule has 1 aliphatic rings. The highest BCUT2D eigenvalue weighted by atomic mass is 32.1. The molecule has 1 aromatic carbocycles. The van der Waals surface area contributed by atoms with Crippen LogP contribution in [0.3, 0.4) is 0 Å². The summed E-state index contributed by atoms with van der Waals surface area (Å²) in [6.07, 6.45) is 6.29. The highest BCUT2D eigenvalue weighted by Gasteiger charge is 2.21. The van der Waals surface area contributed by atoms with Gasteiger partial charge in [0.25, 0.3) is 0 Å². The van der Waals surface area contributed by atoms with Gasteiger partial charge in [0, 0.05) is 16.9 Å². The van der Waals surface area contributed by atoms with E-state index in [9.17, 15) is 0 Å². The molecule has 2 N–H and O–H groups in total. The van der Waals surface area contributed by atoms with E-state index in [-0.39, 0.29) is 0 Å². The van der Waals surface area contributed by atoms with Crippen LogP contribution in [0.2, 0.25) is 0 Å². The Bertz CT molecular complexity index is 787. The third-order valence-electron chi connectivity index (χ3n) is 4.42. The predicted octanol–water partition coefficient (Wildman–Crippen LogP) is 4.59. The van der Waals surface area contributed by atoms with Crippen molar-refractivity contribution in [3.05, 3.63) is 35.1 Å².